The van der Waals surface area contributed by atoms with Crippen LogP contribution in [0.2, 0.25) is 0 Å². The molecular weight excluding hydrogens is 409 g/mol. The molecule has 2 aromatic carbocycles. The van der Waals surface area contributed by atoms with Crippen molar-refractivity contribution in [3.05, 3.63) is 53.6 Å². The van der Waals surface area contributed by atoms with Crippen LogP contribution in [0.3, 0.4) is 0 Å². The highest BCUT2D eigenvalue weighted by Crippen LogP contribution is 2.30. The molecule has 1 unspecified atom stereocenters. The van der Waals surface area contributed by atoms with Gasteiger partial charge < -0.3 is 18.9 Å². The molecule has 0 saturated carbocycles. The van der Waals surface area contributed by atoms with Gasteiger partial charge >= 0.3 is 6.18 Å². The molecule has 0 heterocycles. The summed E-state index contributed by atoms with van der Waals surface area (Å²) < 4.78 is 58.5. The van der Waals surface area contributed by atoms with Crippen LogP contribution in [0.15, 0.2) is 47.4 Å². The second kappa shape index (κ2) is 11.0. The lowest BCUT2D eigenvalue weighted by molar-refractivity contribution is -0.137. The lowest BCUT2D eigenvalue weighted by atomic mass is 10.2. The van der Waals surface area contributed by atoms with Gasteiger partial charge in [-0.3, -0.25) is 4.79 Å². The van der Waals surface area contributed by atoms with Crippen molar-refractivity contribution in [2.45, 2.75) is 24.1 Å². The van der Waals surface area contributed by atoms with Crippen molar-refractivity contribution in [2.24, 2.45) is 0 Å². The van der Waals surface area contributed by atoms with Gasteiger partial charge in [0.1, 0.15) is 24.2 Å². The van der Waals surface area contributed by atoms with E-state index in [-0.39, 0.29) is 19.5 Å². The van der Waals surface area contributed by atoms with Crippen LogP contribution in [0.25, 0.3) is 0 Å². The summed E-state index contributed by atoms with van der Waals surface area (Å²) in [6, 6.07) is 10.1. The first-order valence-corrected chi connectivity index (χ1v) is 9.56. The van der Waals surface area contributed by atoms with Crippen molar-refractivity contribution in [1.82, 2.24) is 0 Å². The Morgan fingerprint density at radius 2 is 1.83 bits per heavy atom. The fraction of sp³-hybridized carbons (Fsp3) is 0.350. The lowest BCUT2D eigenvalue weighted by Gasteiger charge is -2.17. The van der Waals surface area contributed by atoms with E-state index in [0.29, 0.717) is 23.7 Å². The average Bonchev–Trinajstić information content (AvgIpc) is 2.69. The summed E-state index contributed by atoms with van der Waals surface area (Å²) in [5.74, 6) is 1.55. The molecule has 0 aliphatic heterocycles. The van der Waals surface area contributed by atoms with Crippen LogP contribution in [-0.2, 0) is 20.4 Å². The zero-order valence-corrected chi connectivity index (χ0v) is 16.7. The maximum absolute atomic E-state index is 12.6. The number of methoxy groups -OCH3 is 1. The van der Waals surface area contributed by atoms with Crippen molar-refractivity contribution >= 4 is 18.2 Å². The summed E-state index contributed by atoms with van der Waals surface area (Å²) in [5, 5.41) is 0. The quantitative estimate of drug-likeness (QED) is 0.223. The summed E-state index contributed by atoms with van der Waals surface area (Å²) in [5.41, 5.74) is 0.170. The second-order valence-corrected chi connectivity index (χ2v) is 7.05. The summed E-state index contributed by atoms with van der Waals surface area (Å²) in [6.45, 7) is 2.25. The molecule has 0 aromatic heterocycles. The van der Waals surface area contributed by atoms with Crippen molar-refractivity contribution in [3.63, 3.8) is 0 Å². The molecule has 0 aliphatic rings. The van der Waals surface area contributed by atoms with Gasteiger partial charge in [0.15, 0.2) is 0 Å². The van der Waals surface area contributed by atoms with Gasteiger partial charge in [-0.05, 0) is 55.0 Å². The number of benzene rings is 2. The Labute approximate surface area is 171 Å². The molecule has 0 N–H and O–H groups in total. The maximum Gasteiger partial charge on any atom is 0.416 e. The first kappa shape index (κ1) is 22.9. The van der Waals surface area contributed by atoms with E-state index < -0.39 is 11.7 Å². The maximum atomic E-state index is 12.6. The number of halogens is 3. The molecule has 0 aliphatic carbocycles. The van der Waals surface area contributed by atoms with E-state index in [1.807, 2.05) is 19.1 Å². The minimum Gasteiger partial charge on any atom is -0.491 e. The van der Waals surface area contributed by atoms with Gasteiger partial charge in [-0.1, -0.05) is 0 Å². The molecule has 29 heavy (non-hydrogen) atoms. The molecule has 0 amide bonds. The SMILES string of the molecule is COC(COc1ccc(C(F)(F)F)cc1)CSc1ccc(OCOC=O)c(C)c1. The van der Waals surface area contributed by atoms with Crippen LogP contribution in [-0.4, -0.2) is 38.8 Å². The van der Waals surface area contributed by atoms with Crippen LogP contribution < -0.4 is 9.47 Å². The molecule has 2 aromatic rings. The molecule has 9 heteroatoms. The minimum absolute atomic E-state index is 0.149. The van der Waals surface area contributed by atoms with E-state index in [4.69, 9.17) is 14.2 Å². The van der Waals surface area contributed by atoms with Gasteiger partial charge in [-0.2, -0.15) is 13.2 Å². The molecular formula is C20H21F3O5S. The molecule has 0 fully saturated rings. The van der Waals surface area contributed by atoms with Crippen molar-refractivity contribution in [2.75, 3.05) is 26.3 Å². The third kappa shape index (κ3) is 7.51. The second-order valence-electron chi connectivity index (χ2n) is 5.95. The molecule has 0 bridgehead atoms. The molecule has 1 atom stereocenters. The van der Waals surface area contributed by atoms with Gasteiger partial charge in [-0.15, -0.1) is 11.8 Å². The van der Waals surface area contributed by atoms with Gasteiger partial charge in [0.2, 0.25) is 6.79 Å². The van der Waals surface area contributed by atoms with Gasteiger partial charge in [0.05, 0.1) is 5.56 Å². The summed E-state index contributed by atoms with van der Waals surface area (Å²) in [4.78, 5) is 11.1. The zero-order chi connectivity index (χ0) is 21.3. The third-order valence-corrected chi connectivity index (χ3v) is 5.01. The monoisotopic (exact) mass is 430 g/mol. The minimum atomic E-state index is -4.37. The Balaban J connectivity index is 1.84. The predicted molar refractivity (Wildman–Crippen MR) is 102 cm³/mol. The number of ether oxygens (including phenoxy) is 4. The molecule has 2 rings (SSSR count). The van der Waals surface area contributed by atoms with Crippen LogP contribution in [0.5, 0.6) is 11.5 Å². The largest absolute Gasteiger partial charge is 0.491 e. The molecule has 158 valence electrons. The Morgan fingerprint density at radius 1 is 1.10 bits per heavy atom. The average molecular weight is 430 g/mol. The molecule has 0 radical (unpaired) electrons. The standard InChI is InChI=1S/C20H21F3O5S/c1-14-9-18(7-8-19(14)28-13-26-12-24)29-11-17(25-2)10-27-16-5-3-15(4-6-16)20(21,22)23/h3-9,12,17H,10-11,13H2,1-2H3. The highest BCUT2D eigenvalue weighted by atomic mass is 32.2. The summed E-state index contributed by atoms with van der Waals surface area (Å²) in [6.07, 6.45) is -4.62. The number of aryl methyl sites for hydroxylation is 1. The first-order valence-electron chi connectivity index (χ1n) is 8.58. The number of carbonyl (C=O) groups is 1. The van der Waals surface area contributed by atoms with E-state index in [1.165, 1.54) is 12.1 Å². The van der Waals surface area contributed by atoms with Gasteiger partial charge in [-0.25, -0.2) is 0 Å². The van der Waals surface area contributed by atoms with Crippen molar-refractivity contribution < 1.29 is 36.9 Å². The Bertz CT molecular complexity index is 781. The number of hydrogen-bond donors (Lipinski definition) is 0. The fourth-order valence-electron chi connectivity index (χ4n) is 2.30. The van der Waals surface area contributed by atoms with Crippen molar-refractivity contribution in [3.8, 4) is 11.5 Å². The highest BCUT2D eigenvalue weighted by molar-refractivity contribution is 7.99. The van der Waals surface area contributed by atoms with Gasteiger partial charge in [0.25, 0.3) is 6.47 Å². The number of alkyl halides is 3. The zero-order valence-electron chi connectivity index (χ0n) is 15.9. The number of carbonyl (C=O) groups excluding carboxylic acids is 1. The van der Waals surface area contributed by atoms with Crippen LogP contribution in [0, 0.1) is 6.92 Å². The smallest absolute Gasteiger partial charge is 0.416 e. The fourth-order valence-corrected chi connectivity index (χ4v) is 3.34. The van der Waals surface area contributed by atoms with E-state index >= 15 is 0 Å². The molecule has 0 spiro atoms. The highest BCUT2D eigenvalue weighted by Gasteiger charge is 2.30. The van der Waals surface area contributed by atoms with E-state index in [0.717, 1.165) is 22.6 Å². The lowest BCUT2D eigenvalue weighted by Crippen LogP contribution is -2.22. The molecule has 5 nitrogen and oxygen atoms in total. The normalized spacial score (nSPS) is 12.3. The van der Waals surface area contributed by atoms with Crippen molar-refractivity contribution in [1.29, 1.82) is 0 Å². The Kier molecular flexibility index (Phi) is 8.66. The van der Waals surface area contributed by atoms with Gasteiger partial charge in [0, 0.05) is 17.8 Å². The van der Waals surface area contributed by atoms with E-state index in [2.05, 4.69) is 4.74 Å². The Hall–Kier alpha value is -2.39. The summed E-state index contributed by atoms with van der Waals surface area (Å²) >= 11 is 1.55. The van der Waals surface area contributed by atoms with Crippen LogP contribution in [0.1, 0.15) is 11.1 Å². The summed E-state index contributed by atoms with van der Waals surface area (Å²) in [7, 11) is 1.55. The number of hydrogen-bond acceptors (Lipinski definition) is 6. The van der Waals surface area contributed by atoms with Crippen LogP contribution >= 0.6 is 11.8 Å². The van der Waals surface area contributed by atoms with Crippen LogP contribution in [0.4, 0.5) is 13.2 Å². The van der Waals surface area contributed by atoms with E-state index in [1.54, 1.807) is 24.9 Å². The number of rotatable bonds is 11. The predicted octanol–water partition coefficient (Wildman–Crippen LogP) is 4.71. The topological polar surface area (TPSA) is 54.0 Å². The third-order valence-electron chi connectivity index (χ3n) is 3.88. The first-order chi connectivity index (χ1) is 13.8. The Morgan fingerprint density at radius 3 is 2.41 bits per heavy atom. The number of thioether (sulfide) groups is 1. The van der Waals surface area contributed by atoms with E-state index in [9.17, 15) is 18.0 Å². The molecule has 0 saturated heterocycles.